The van der Waals surface area contributed by atoms with E-state index in [9.17, 15) is 37.1 Å². The minimum atomic E-state index is -3.94. The summed E-state index contributed by atoms with van der Waals surface area (Å²) in [4.78, 5) is 55.8. The number of alkyl carbamates (subject to hydrolysis) is 1. The number of allylic oxidation sites excluding steroid dienone is 3. The van der Waals surface area contributed by atoms with E-state index in [-0.39, 0.29) is 25.0 Å². The van der Waals surface area contributed by atoms with Gasteiger partial charge in [-0.25, -0.2) is 17.6 Å². The number of halogens is 1. The molecule has 3 fully saturated rings. The largest absolute Gasteiger partial charge is 0.501 e. The molecule has 3 aliphatic carbocycles. The fourth-order valence-electron chi connectivity index (χ4n) is 6.21. The highest BCUT2D eigenvalue weighted by atomic mass is 32.2. The fraction of sp³-hybridized carbons (Fsp3) is 0.688. The normalized spacial score (nSPS) is 29.9. The topological polar surface area (TPSA) is 180 Å². The van der Waals surface area contributed by atoms with E-state index in [0.717, 1.165) is 4.90 Å². The predicted molar refractivity (Wildman–Crippen MR) is 169 cm³/mol. The van der Waals surface area contributed by atoms with Crippen molar-refractivity contribution in [2.45, 2.75) is 108 Å². The highest BCUT2D eigenvalue weighted by Gasteiger charge is 2.63. The third-order valence-corrected chi connectivity index (χ3v) is 10.9. The molecule has 1 aliphatic heterocycles. The Labute approximate surface area is 275 Å². The van der Waals surface area contributed by atoms with Crippen molar-refractivity contribution in [1.82, 2.24) is 20.3 Å². The van der Waals surface area contributed by atoms with Gasteiger partial charge in [0.2, 0.25) is 21.8 Å². The molecule has 2 saturated carbocycles. The quantitative estimate of drug-likeness (QED) is 0.252. The smallest absolute Gasteiger partial charge is 0.408 e. The van der Waals surface area contributed by atoms with Gasteiger partial charge in [-0.2, -0.15) is 0 Å². The molecule has 0 radical (unpaired) electrons. The maximum atomic E-state index is 14.6. The van der Waals surface area contributed by atoms with E-state index in [1.165, 1.54) is 25.3 Å². The van der Waals surface area contributed by atoms with E-state index in [0.29, 0.717) is 12.8 Å². The molecule has 4 N–H and O–H groups in total. The second-order valence-corrected chi connectivity index (χ2v) is 17.0. The molecule has 1 heterocycles. The number of rotatable bonds is 10. The Kier molecular flexibility index (Phi) is 9.70. The Bertz CT molecular complexity index is 1490. The Hall–Kier alpha value is -3.46. The van der Waals surface area contributed by atoms with Gasteiger partial charge in [-0.05, 0) is 57.6 Å². The molecule has 13 nitrogen and oxygen atoms in total. The number of nitrogens with zero attached hydrogens (tertiary/aromatic N) is 1. The first-order chi connectivity index (χ1) is 21.6. The molecule has 4 rings (SSSR count). The molecular formula is C32H47FN4O9S. The van der Waals surface area contributed by atoms with Crippen LogP contribution in [0.2, 0.25) is 0 Å². The van der Waals surface area contributed by atoms with Crippen LogP contribution in [0.1, 0.15) is 73.6 Å². The van der Waals surface area contributed by atoms with Gasteiger partial charge in [-0.1, -0.05) is 26.8 Å². The van der Waals surface area contributed by atoms with Crippen LogP contribution in [0.15, 0.2) is 36.4 Å². The van der Waals surface area contributed by atoms with Crippen molar-refractivity contribution in [2.75, 3.05) is 13.7 Å². The third kappa shape index (κ3) is 7.82. The molecule has 0 aromatic carbocycles. The average Bonchev–Trinajstić information content (AvgIpc) is 3.87. The molecule has 0 spiro atoms. The minimum Gasteiger partial charge on any atom is -0.501 e. The number of amides is 4. The van der Waals surface area contributed by atoms with Gasteiger partial charge in [0.1, 0.15) is 34.8 Å². The van der Waals surface area contributed by atoms with E-state index in [1.54, 1.807) is 41.5 Å². The summed E-state index contributed by atoms with van der Waals surface area (Å²) in [6.45, 7) is 13.4. The molecule has 1 unspecified atom stereocenters. The lowest BCUT2D eigenvalue weighted by Crippen LogP contribution is -2.60. The predicted octanol–water partition coefficient (Wildman–Crippen LogP) is 2.33. The van der Waals surface area contributed by atoms with Crippen molar-refractivity contribution in [3.05, 3.63) is 36.4 Å². The number of carbonyl (C=O) groups is 4. The van der Waals surface area contributed by atoms with E-state index in [1.807, 2.05) is 0 Å². The lowest BCUT2D eigenvalue weighted by atomic mass is 9.79. The fourth-order valence-corrected chi connectivity index (χ4v) is 7.57. The second kappa shape index (κ2) is 12.5. The second-order valence-electron chi connectivity index (χ2n) is 15.1. The summed E-state index contributed by atoms with van der Waals surface area (Å²) >= 11 is 0. The Morgan fingerprint density at radius 3 is 2.28 bits per heavy atom. The Balaban J connectivity index is 1.68. The van der Waals surface area contributed by atoms with Crippen molar-refractivity contribution < 1.29 is 46.6 Å². The summed E-state index contributed by atoms with van der Waals surface area (Å²) in [7, 11) is -2.58. The maximum absolute atomic E-state index is 14.6. The van der Waals surface area contributed by atoms with E-state index >= 15 is 0 Å². The van der Waals surface area contributed by atoms with Gasteiger partial charge in [0, 0.05) is 18.8 Å². The lowest BCUT2D eigenvalue weighted by molar-refractivity contribution is -0.143. The zero-order chi connectivity index (χ0) is 35.3. The number of methoxy groups -OCH3 is 1. The molecule has 0 aromatic heterocycles. The molecule has 15 heteroatoms. The van der Waals surface area contributed by atoms with Crippen LogP contribution in [0, 0.1) is 17.3 Å². The molecule has 4 amide bonds. The zero-order valence-corrected chi connectivity index (χ0v) is 28.8. The zero-order valence-electron chi connectivity index (χ0n) is 28.0. The first kappa shape index (κ1) is 36.4. The highest BCUT2D eigenvalue weighted by molar-refractivity contribution is 7.91. The van der Waals surface area contributed by atoms with Gasteiger partial charge in [0.05, 0.1) is 30.4 Å². The van der Waals surface area contributed by atoms with Crippen molar-refractivity contribution in [2.24, 2.45) is 17.3 Å². The van der Waals surface area contributed by atoms with Crippen molar-refractivity contribution in [3.63, 3.8) is 0 Å². The minimum absolute atomic E-state index is 0.0687. The summed E-state index contributed by atoms with van der Waals surface area (Å²) in [6, 6.07) is -2.64. The van der Waals surface area contributed by atoms with Crippen LogP contribution in [0.5, 0.6) is 0 Å². The third-order valence-electron chi connectivity index (χ3n) is 9.03. The summed E-state index contributed by atoms with van der Waals surface area (Å²) < 4.78 is 52.7. The van der Waals surface area contributed by atoms with Crippen molar-refractivity contribution >= 4 is 33.8 Å². The standard InChI is InChI=1S/C32H47FN4O9S/c1-9-18-15-32(18,27(40)36-47(43,44)20-11-12-20)35-25(38)22-16-31(42,21-14-19(33)10-13-23(21)45-8)17-37(22)26(39)24(29(2,3)4)34-28(41)46-30(5,6)7/h9-10,13,18,20-22,24,42H,1,11-12,14-17H2,2-8H3,(H,34,41)(H,35,38)(H,36,40)/t18-,21?,22+,24-,31+,32-/m1/s1. The highest BCUT2D eigenvalue weighted by Crippen LogP contribution is 2.47. The number of nitrogens with one attached hydrogen (secondary N) is 3. The Morgan fingerprint density at radius 1 is 1.13 bits per heavy atom. The maximum Gasteiger partial charge on any atom is 0.408 e. The number of carbonyl (C=O) groups excluding carboxylic acids is 4. The summed E-state index contributed by atoms with van der Waals surface area (Å²) in [6.07, 6.45) is 3.44. The summed E-state index contributed by atoms with van der Waals surface area (Å²) in [5.41, 5.74) is -5.30. The monoisotopic (exact) mass is 682 g/mol. The van der Waals surface area contributed by atoms with Gasteiger partial charge in [-0.15, -0.1) is 6.58 Å². The van der Waals surface area contributed by atoms with Gasteiger partial charge in [0.15, 0.2) is 0 Å². The molecule has 0 aromatic rings. The number of hydrogen-bond acceptors (Lipinski definition) is 9. The van der Waals surface area contributed by atoms with Crippen LogP contribution in [-0.4, -0.2) is 90.0 Å². The van der Waals surface area contributed by atoms with E-state index in [2.05, 4.69) is 21.9 Å². The SMILES string of the molecule is C=C[C@@H]1C[C@]1(NC(=O)[C@@H]1C[C@@](O)(C2CC(F)=CC=C2OC)CN1C(=O)[C@@H](NC(=O)OC(C)(C)C)C(C)(C)C)C(=O)NS(=O)(=O)C1CC1. The first-order valence-corrected chi connectivity index (χ1v) is 17.2. The number of sulfonamides is 1. The molecule has 1 saturated heterocycles. The molecule has 4 aliphatic rings. The van der Waals surface area contributed by atoms with Gasteiger partial charge in [-0.3, -0.25) is 19.1 Å². The molecule has 47 heavy (non-hydrogen) atoms. The Morgan fingerprint density at radius 2 is 1.77 bits per heavy atom. The van der Waals surface area contributed by atoms with Crippen LogP contribution in [-0.2, 0) is 33.9 Å². The molecule has 262 valence electrons. The van der Waals surface area contributed by atoms with Crippen molar-refractivity contribution in [1.29, 1.82) is 0 Å². The number of ether oxygens (including phenoxy) is 2. The first-order valence-electron chi connectivity index (χ1n) is 15.7. The number of β-amino-alcohol motifs (C(OH)–C–C–N with tert-alkyl or cyclic N) is 1. The van der Waals surface area contributed by atoms with Crippen LogP contribution >= 0.6 is 0 Å². The average molecular weight is 683 g/mol. The van der Waals surface area contributed by atoms with Crippen LogP contribution < -0.4 is 15.4 Å². The number of likely N-dealkylation sites (tertiary alicyclic amines) is 1. The van der Waals surface area contributed by atoms with Gasteiger partial charge >= 0.3 is 6.09 Å². The molecule has 6 atom stereocenters. The van der Waals surface area contributed by atoms with Gasteiger partial charge in [0.25, 0.3) is 5.91 Å². The van der Waals surface area contributed by atoms with E-state index in [4.69, 9.17) is 9.47 Å². The van der Waals surface area contributed by atoms with Crippen molar-refractivity contribution in [3.8, 4) is 0 Å². The molecule has 0 bridgehead atoms. The van der Waals surface area contributed by atoms with E-state index < -0.39 is 97.5 Å². The summed E-state index contributed by atoms with van der Waals surface area (Å²) in [5, 5.41) is 16.6. The van der Waals surface area contributed by atoms with Crippen LogP contribution in [0.3, 0.4) is 0 Å². The molecular weight excluding hydrogens is 635 g/mol. The van der Waals surface area contributed by atoms with Gasteiger partial charge < -0.3 is 30.1 Å². The number of hydrogen-bond donors (Lipinski definition) is 4. The van der Waals surface area contributed by atoms with Crippen LogP contribution in [0.25, 0.3) is 0 Å². The lowest BCUT2D eigenvalue weighted by Gasteiger charge is -2.37. The summed E-state index contributed by atoms with van der Waals surface area (Å²) in [5.74, 6) is -4.33. The number of aliphatic hydroxyl groups is 1. The van der Waals surface area contributed by atoms with Crippen LogP contribution in [0.4, 0.5) is 9.18 Å².